The van der Waals surface area contributed by atoms with Crippen LogP contribution < -0.4 is 5.32 Å². The normalized spacial score (nSPS) is 10.8. The van der Waals surface area contributed by atoms with E-state index in [0.29, 0.717) is 13.0 Å². The summed E-state index contributed by atoms with van der Waals surface area (Å²) in [5.41, 5.74) is 4.70. The Morgan fingerprint density at radius 2 is 1.86 bits per heavy atom. The Kier molecular flexibility index (Phi) is 6.87. The summed E-state index contributed by atoms with van der Waals surface area (Å²) < 4.78 is 2.03. The van der Waals surface area contributed by atoms with E-state index in [1.807, 2.05) is 11.5 Å². The lowest BCUT2D eigenvalue weighted by molar-refractivity contribution is -0.121. The molecule has 0 atom stereocenters. The topological polar surface area (TPSA) is 59.8 Å². The molecule has 6 heteroatoms. The van der Waals surface area contributed by atoms with Crippen LogP contribution in [0.15, 0.2) is 53.7 Å². The van der Waals surface area contributed by atoms with Crippen LogP contribution in [0.5, 0.6) is 0 Å². The van der Waals surface area contributed by atoms with Gasteiger partial charge in [-0.25, -0.2) is 0 Å². The highest BCUT2D eigenvalue weighted by Gasteiger charge is 2.15. The van der Waals surface area contributed by atoms with Gasteiger partial charge < -0.3 is 5.32 Å². The van der Waals surface area contributed by atoms with Crippen molar-refractivity contribution in [1.29, 1.82) is 0 Å². The smallest absolute Gasteiger partial charge is 0.220 e. The molecule has 1 N–H and O–H groups in total. The maximum atomic E-state index is 11.9. The third kappa shape index (κ3) is 5.23. The molecule has 2 aromatic carbocycles. The average Bonchev–Trinajstić information content (AvgIpc) is 3.08. The Bertz CT molecular complexity index is 934. The van der Waals surface area contributed by atoms with Crippen molar-refractivity contribution in [1.82, 2.24) is 20.1 Å². The summed E-state index contributed by atoms with van der Waals surface area (Å²) in [5.74, 6) is 1.59. The molecule has 0 saturated heterocycles. The third-order valence-electron chi connectivity index (χ3n) is 4.36. The predicted molar refractivity (Wildman–Crippen MR) is 114 cm³/mol. The number of hydrogen-bond acceptors (Lipinski definition) is 4. The predicted octanol–water partition coefficient (Wildman–Crippen LogP) is 4.59. The van der Waals surface area contributed by atoms with Crippen LogP contribution in [0.2, 0.25) is 0 Å². The minimum Gasteiger partial charge on any atom is -0.349 e. The molecule has 0 fully saturated rings. The van der Waals surface area contributed by atoms with Gasteiger partial charge in [0.15, 0.2) is 11.0 Å². The Morgan fingerprint density at radius 1 is 1.07 bits per heavy atom. The number of thioether (sulfide) groups is 1. The summed E-state index contributed by atoms with van der Waals surface area (Å²) >= 11 is 1.65. The third-order valence-corrected chi connectivity index (χ3v) is 5.36. The fourth-order valence-corrected chi connectivity index (χ4v) is 3.82. The van der Waals surface area contributed by atoms with Crippen molar-refractivity contribution < 1.29 is 4.79 Å². The Balaban J connectivity index is 1.84. The van der Waals surface area contributed by atoms with Gasteiger partial charge in [-0.05, 0) is 38.0 Å². The van der Waals surface area contributed by atoms with Crippen LogP contribution in [0, 0.1) is 13.8 Å². The number of nitrogens with zero attached hydrogens (tertiary/aromatic N) is 3. The number of aromatic nitrogens is 3. The first-order chi connectivity index (χ1) is 13.6. The molecule has 3 rings (SSSR count). The zero-order valence-corrected chi connectivity index (χ0v) is 17.4. The first-order valence-electron chi connectivity index (χ1n) is 9.53. The molecule has 1 heterocycles. The van der Waals surface area contributed by atoms with Crippen LogP contribution in [0.25, 0.3) is 5.69 Å². The number of nitrogens with one attached hydrogen (secondary N) is 1. The molecule has 0 unspecified atom stereocenters. The second kappa shape index (κ2) is 9.55. The monoisotopic (exact) mass is 394 g/mol. The summed E-state index contributed by atoms with van der Waals surface area (Å²) in [6.07, 6.45) is 1.35. The highest BCUT2D eigenvalue weighted by Crippen LogP contribution is 2.26. The Labute approximate surface area is 170 Å². The molecule has 0 aliphatic carbocycles. The molecule has 0 aliphatic rings. The number of hydrogen-bond donors (Lipinski definition) is 1. The first-order valence-corrected chi connectivity index (χ1v) is 10.5. The van der Waals surface area contributed by atoms with Crippen molar-refractivity contribution in [3.8, 4) is 5.69 Å². The lowest BCUT2D eigenvalue weighted by Gasteiger charge is -2.11. The molecule has 0 aliphatic heterocycles. The maximum Gasteiger partial charge on any atom is 0.220 e. The molecular formula is C22H26N4OS. The first kappa shape index (κ1) is 20.1. The summed E-state index contributed by atoms with van der Waals surface area (Å²) in [5, 5.41) is 12.5. The minimum absolute atomic E-state index is 0.0370. The van der Waals surface area contributed by atoms with Crippen molar-refractivity contribution in [2.45, 2.75) is 51.1 Å². The molecule has 1 aromatic heterocycles. The molecule has 28 heavy (non-hydrogen) atoms. The summed E-state index contributed by atoms with van der Waals surface area (Å²) in [7, 11) is 0. The molecule has 0 radical (unpaired) electrons. The van der Waals surface area contributed by atoms with Crippen LogP contribution in [-0.4, -0.2) is 20.7 Å². The summed E-state index contributed by atoms with van der Waals surface area (Å²) in [6.45, 7) is 6.52. The fraction of sp³-hybridized carbons (Fsp3) is 0.318. The number of carbonyl (C=O) groups is 1. The fourth-order valence-electron chi connectivity index (χ4n) is 2.90. The zero-order chi connectivity index (χ0) is 19.9. The maximum absolute atomic E-state index is 11.9. The Hall–Kier alpha value is -2.60. The molecule has 3 aromatic rings. The van der Waals surface area contributed by atoms with Gasteiger partial charge in [0.1, 0.15) is 0 Å². The summed E-state index contributed by atoms with van der Waals surface area (Å²) in [6, 6.07) is 16.8. The van der Waals surface area contributed by atoms with Crippen LogP contribution in [0.3, 0.4) is 0 Å². The number of aryl methyl sites for hydroxylation is 2. The van der Waals surface area contributed by atoms with E-state index in [4.69, 9.17) is 0 Å². The van der Waals surface area contributed by atoms with Crippen LogP contribution in [-0.2, 0) is 17.1 Å². The highest BCUT2D eigenvalue weighted by atomic mass is 32.2. The van der Waals surface area contributed by atoms with Crippen molar-refractivity contribution in [3.05, 3.63) is 71.0 Å². The average molecular weight is 395 g/mol. The van der Waals surface area contributed by atoms with E-state index in [1.165, 1.54) is 16.7 Å². The Morgan fingerprint density at radius 3 is 2.57 bits per heavy atom. The molecule has 0 saturated carbocycles. The van der Waals surface area contributed by atoms with Gasteiger partial charge in [0.2, 0.25) is 5.91 Å². The summed E-state index contributed by atoms with van der Waals surface area (Å²) in [4.78, 5) is 11.9. The van der Waals surface area contributed by atoms with Gasteiger partial charge in [0.05, 0.1) is 6.54 Å². The van der Waals surface area contributed by atoms with Crippen LogP contribution in [0.1, 0.15) is 42.3 Å². The minimum atomic E-state index is 0.0370. The van der Waals surface area contributed by atoms with Gasteiger partial charge >= 0.3 is 0 Å². The molecule has 0 spiro atoms. The molecule has 1 amide bonds. The molecule has 146 valence electrons. The zero-order valence-electron chi connectivity index (χ0n) is 16.6. The van der Waals surface area contributed by atoms with Crippen molar-refractivity contribution >= 4 is 17.7 Å². The number of rotatable bonds is 8. The van der Waals surface area contributed by atoms with Gasteiger partial charge in [-0.1, -0.05) is 66.2 Å². The van der Waals surface area contributed by atoms with Gasteiger partial charge in [0, 0.05) is 17.9 Å². The van der Waals surface area contributed by atoms with Crippen molar-refractivity contribution in [2.24, 2.45) is 0 Å². The standard InChI is InChI=1S/C22H26N4OS/c1-4-6-21(27)23-14-20-24-25-22(26(20)19-11-9-16(2)10-12-19)28-15-18-8-5-7-17(3)13-18/h5,7-13H,4,6,14-15H2,1-3H3,(H,23,27). The van der Waals surface area contributed by atoms with Crippen LogP contribution in [0.4, 0.5) is 0 Å². The number of amides is 1. The molecule has 5 nitrogen and oxygen atoms in total. The van der Waals surface area contributed by atoms with E-state index >= 15 is 0 Å². The van der Waals surface area contributed by atoms with Gasteiger partial charge in [-0.15, -0.1) is 10.2 Å². The second-order valence-electron chi connectivity index (χ2n) is 6.87. The van der Waals surface area contributed by atoms with Crippen LogP contribution >= 0.6 is 11.8 Å². The second-order valence-corrected chi connectivity index (χ2v) is 7.82. The van der Waals surface area contributed by atoms with E-state index in [9.17, 15) is 4.79 Å². The number of carbonyl (C=O) groups excluding carboxylic acids is 1. The van der Waals surface area contributed by atoms with Gasteiger partial charge in [-0.2, -0.15) is 0 Å². The highest BCUT2D eigenvalue weighted by molar-refractivity contribution is 7.98. The quantitative estimate of drug-likeness (QED) is 0.568. The number of benzene rings is 2. The lowest BCUT2D eigenvalue weighted by Crippen LogP contribution is -2.24. The van der Waals surface area contributed by atoms with Gasteiger partial charge in [0.25, 0.3) is 0 Å². The van der Waals surface area contributed by atoms with Crippen molar-refractivity contribution in [3.63, 3.8) is 0 Å². The largest absolute Gasteiger partial charge is 0.349 e. The molecule has 0 bridgehead atoms. The van der Waals surface area contributed by atoms with E-state index in [2.05, 4.69) is 77.9 Å². The SMILES string of the molecule is CCCC(=O)NCc1nnc(SCc2cccc(C)c2)n1-c1ccc(C)cc1. The lowest BCUT2D eigenvalue weighted by atomic mass is 10.2. The van der Waals surface area contributed by atoms with E-state index in [1.54, 1.807) is 11.8 Å². The van der Waals surface area contributed by atoms with Gasteiger partial charge in [-0.3, -0.25) is 9.36 Å². The van der Waals surface area contributed by atoms with Crippen molar-refractivity contribution in [2.75, 3.05) is 0 Å². The van der Waals surface area contributed by atoms with E-state index in [0.717, 1.165) is 28.8 Å². The molecular weight excluding hydrogens is 368 g/mol. The van der Waals surface area contributed by atoms with E-state index < -0.39 is 0 Å². The van der Waals surface area contributed by atoms with E-state index in [-0.39, 0.29) is 5.91 Å².